The summed E-state index contributed by atoms with van der Waals surface area (Å²) in [6.07, 6.45) is 1.68. The van der Waals surface area contributed by atoms with Crippen LogP contribution in [0.5, 0.6) is 5.75 Å². The average Bonchev–Trinajstić information content (AvgIpc) is 3.40. The second kappa shape index (κ2) is 10.6. The van der Waals surface area contributed by atoms with Crippen molar-refractivity contribution >= 4 is 15.9 Å². The first-order valence-electron chi connectivity index (χ1n) is 11.3. The Morgan fingerprint density at radius 2 is 1.73 bits per heavy atom. The van der Waals surface area contributed by atoms with E-state index >= 15 is 0 Å². The number of nitrogens with zero attached hydrogens (tertiary/aromatic N) is 2. The van der Waals surface area contributed by atoms with Crippen molar-refractivity contribution in [1.29, 1.82) is 0 Å². The molecule has 4 rings (SSSR count). The number of morpholine rings is 1. The molecule has 2 saturated heterocycles. The van der Waals surface area contributed by atoms with Crippen molar-refractivity contribution in [2.45, 2.75) is 30.8 Å². The molecule has 9 heteroatoms. The van der Waals surface area contributed by atoms with Crippen LogP contribution in [0.15, 0.2) is 47.4 Å². The van der Waals surface area contributed by atoms with Crippen LogP contribution in [-0.4, -0.2) is 70.0 Å². The molecule has 8 nitrogen and oxygen atoms in total. The van der Waals surface area contributed by atoms with Gasteiger partial charge in [-0.3, -0.25) is 9.69 Å². The SMILES string of the molecule is COc1ccc(C(=O)NCc2ccccc2CN2CCOCC2)cc1S(=O)(=O)N1CCCC1. The first kappa shape index (κ1) is 23.7. The van der Waals surface area contributed by atoms with Crippen LogP contribution in [0, 0.1) is 0 Å². The zero-order chi connectivity index (χ0) is 23.3. The van der Waals surface area contributed by atoms with E-state index in [1.807, 2.05) is 18.2 Å². The van der Waals surface area contributed by atoms with Crippen LogP contribution in [-0.2, 0) is 27.8 Å². The molecule has 1 N–H and O–H groups in total. The van der Waals surface area contributed by atoms with Gasteiger partial charge in [-0.25, -0.2) is 8.42 Å². The monoisotopic (exact) mass is 473 g/mol. The topological polar surface area (TPSA) is 88.2 Å². The van der Waals surface area contributed by atoms with Crippen LogP contribution in [0.1, 0.15) is 34.3 Å². The summed E-state index contributed by atoms with van der Waals surface area (Å²) in [5.74, 6) is -0.0778. The van der Waals surface area contributed by atoms with Crippen LogP contribution in [0.2, 0.25) is 0 Å². The molecule has 178 valence electrons. The summed E-state index contributed by atoms with van der Waals surface area (Å²) in [5, 5.41) is 2.95. The Kier molecular flexibility index (Phi) is 7.64. The second-order valence-corrected chi connectivity index (χ2v) is 10.2. The Morgan fingerprint density at radius 1 is 1.03 bits per heavy atom. The van der Waals surface area contributed by atoms with Crippen molar-refractivity contribution in [3.05, 3.63) is 59.2 Å². The number of rotatable bonds is 8. The number of benzene rings is 2. The fraction of sp³-hybridized carbons (Fsp3) is 0.458. The van der Waals surface area contributed by atoms with Gasteiger partial charge in [-0.15, -0.1) is 0 Å². The van der Waals surface area contributed by atoms with Gasteiger partial charge in [0.05, 0.1) is 20.3 Å². The minimum atomic E-state index is -3.72. The van der Waals surface area contributed by atoms with Crippen molar-refractivity contribution in [2.75, 3.05) is 46.5 Å². The highest BCUT2D eigenvalue weighted by Crippen LogP contribution is 2.30. The van der Waals surface area contributed by atoms with Crippen LogP contribution >= 0.6 is 0 Å². The third-order valence-electron chi connectivity index (χ3n) is 6.16. The van der Waals surface area contributed by atoms with Crippen LogP contribution in [0.3, 0.4) is 0 Å². The molecule has 33 heavy (non-hydrogen) atoms. The lowest BCUT2D eigenvalue weighted by atomic mass is 10.1. The standard InChI is InChI=1S/C24H31N3O5S/c1-31-22-9-8-19(16-23(22)33(29,30)27-10-4-5-11-27)24(28)25-17-20-6-2-3-7-21(20)18-26-12-14-32-15-13-26/h2-3,6-9,16H,4-5,10-15,17-18H2,1H3,(H,25,28). The van der Waals surface area contributed by atoms with Gasteiger partial charge in [0.25, 0.3) is 5.91 Å². The molecule has 2 aliphatic rings. The Hall–Kier alpha value is -2.46. The zero-order valence-electron chi connectivity index (χ0n) is 19.0. The highest BCUT2D eigenvalue weighted by Gasteiger charge is 2.30. The lowest BCUT2D eigenvalue weighted by Gasteiger charge is -2.27. The molecular formula is C24H31N3O5S. The second-order valence-electron chi connectivity index (χ2n) is 8.32. The third-order valence-corrected chi connectivity index (χ3v) is 8.08. The van der Waals surface area contributed by atoms with Gasteiger partial charge in [-0.2, -0.15) is 4.31 Å². The zero-order valence-corrected chi connectivity index (χ0v) is 19.8. The van der Waals surface area contributed by atoms with E-state index in [1.54, 1.807) is 12.1 Å². The number of hydrogen-bond acceptors (Lipinski definition) is 6. The average molecular weight is 474 g/mol. The maximum Gasteiger partial charge on any atom is 0.251 e. The highest BCUT2D eigenvalue weighted by molar-refractivity contribution is 7.89. The minimum Gasteiger partial charge on any atom is -0.495 e. The summed E-state index contributed by atoms with van der Waals surface area (Å²) >= 11 is 0. The van der Waals surface area contributed by atoms with E-state index in [9.17, 15) is 13.2 Å². The number of amides is 1. The number of carbonyl (C=O) groups is 1. The van der Waals surface area contributed by atoms with Gasteiger partial charge in [0.15, 0.2) is 0 Å². The molecule has 2 heterocycles. The van der Waals surface area contributed by atoms with Gasteiger partial charge in [-0.05, 0) is 42.2 Å². The fourth-order valence-electron chi connectivity index (χ4n) is 4.25. The molecular weight excluding hydrogens is 442 g/mol. The molecule has 2 fully saturated rings. The van der Waals surface area contributed by atoms with Crippen LogP contribution in [0.4, 0.5) is 0 Å². The van der Waals surface area contributed by atoms with E-state index < -0.39 is 10.0 Å². The van der Waals surface area contributed by atoms with Crippen molar-refractivity contribution in [3.8, 4) is 5.75 Å². The summed E-state index contributed by atoms with van der Waals surface area (Å²) in [6, 6.07) is 12.6. The number of carbonyl (C=O) groups excluding carboxylic acids is 1. The van der Waals surface area contributed by atoms with Gasteiger partial charge < -0.3 is 14.8 Å². The Morgan fingerprint density at radius 3 is 2.42 bits per heavy atom. The van der Waals surface area contributed by atoms with Crippen molar-refractivity contribution < 1.29 is 22.7 Å². The lowest BCUT2D eigenvalue weighted by Crippen LogP contribution is -2.36. The number of sulfonamides is 1. The van der Waals surface area contributed by atoms with Crippen molar-refractivity contribution in [1.82, 2.24) is 14.5 Å². The van der Waals surface area contributed by atoms with Gasteiger partial charge in [0, 0.05) is 44.8 Å². The summed E-state index contributed by atoms with van der Waals surface area (Å²) in [6.45, 7) is 5.39. The number of nitrogens with one attached hydrogen (secondary N) is 1. The molecule has 0 bridgehead atoms. The van der Waals surface area contributed by atoms with Gasteiger partial charge >= 0.3 is 0 Å². The summed E-state index contributed by atoms with van der Waals surface area (Å²) in [5.41, 5.74) is 2.49. The molecule has 2 aromatic rings. The van der Waals surface area contributed by atoms with Gasteiger partial charge in [0.2, 0.25) is 10.0 Å². The highest BCUT2D eigenvalue weighted by atomic mass is 32.2. The normalized spacial score (nSPS) is 17.7. The largest absolute Gasteiger partial charge is 0.495 e. The minimum absolute atomic E-state index is 0.0345. The Bertz CT molecular complexity index is 1080. The summed E-state index contributed by atoms with van der Waals surface area (Å²) in [4.78, 5) is 15.3. The smallest absolute Gasteiger partial charge is 0.251 e. The van der Waals surface area contributed by atoms with Gasteiger partial charge in [-0.1, -0.05) is 24.3 Å². The van der Waals surface area contributed by atoms with Gasteiger partial charge in [0.1, 0.15) is 10.6 Å². The molecule has 1 amide bonds. The Balaban J connectivity index is 1.48. The summed E-state index contributed by atoms with van der Waals surface area (Å²) in [7, 11) is -2.28. The van der Waals surface area contributed by atoms with Crippen molar-refractivity contribution in [2.24, 2.45) is 0 Å². The first-order chi connectivity index (χ1) is 16.0. The molecule has 0 saturated carbocycles. The molecule has 2 aromatic carbocycles. The van der Waals surface area contributed by atoms with Crippen LogP contribution in [0.25, 0.3) is 0 Å². The molecule has 0 unspecified atom stereocenters. The van der Waals surface area contributed by atoms with Crippen LogP contribution < -0.4 is 10.1 Å². The van der Waals surface area contributed by atoms with E-state index in [0.29, 0.717) is 25.2 Å². The molecule has 0 spiro atoms. The van der Waals surface area contributed by atoms with E-state index in [0.717, 1.165) is 56.8 Å². The third kappa shape index (κ3) is 5.55. The van der Waals surface area contributed by atoms with E-state index in [1.165, 1.54) is 17.5 Å². The summed E-state index contributed by atoms with van der Waals surface area (Å²) < 4.78 is 38.4. The molecule has 0 aromatic heterocycles. The predicted molar refractivity (Wildman–Crippen MR) is 125 cm³/mol. The predicted octanol–water partition coefficient (Wildman–Crippen LogP) is 2.24. The van der Waals surface area contributed by atoms with E-state index in [4.69, 9.17) is 9.47 Å². The first-order valence-corrected chi connectivity index (χ1v) is 12.8. The lowest BCUT2D eigenvalue weighted by molar-refractivity contribution is 0.0340. The number of hydrogen-bond donors (Lipinski definition) is 1. The quantitative estimate of drug-likeness (QED) is 0.633. The number of methoxy groups -OCH3 is 1. The molecule has 0 atom stereocenters. The maximum atomic E-state index is 13.1. The number of ether oxygens (including phenoxy) is 2. The van der Waals surface area contributed by atoms with E-state index in [2.05, 4.69) is 16.3 Å². The van der Waals surface area contributed by atoms with Crippen molar-refractivity contribution in [3.63, 3.8) is 0 Å². The molecule has 0 radical (unpaired) electrons. The van der Waals surface area contributed by atoms with E-state index in [-0.39, 0.29) is 16.6 Å². The maximum absolute atomic E-state index is 13.1. The fourth-order valence-corrected chi connectivity index (χ4v) is 5.95. The molecule has 2 aliphatic heterocycles. The Labute approximate surface area is 195 Å². The molecule has 0 aliphatic carbocycles.